The van der Waals surface area contributed by atoms with Gasteiger partial charge >= 0.3 is 0 Å². The molecule has 80 valence electrons. The number of hydrogen-bond donors (Lipinski definition) is 1. The molecule has 0 saturated carbocycles. The minimum absolute atomic E-state index is 0.259. The molecule has 4 heteroatoms. The molecule has 1 atom stereocenters. The molecule has 0 radical (unpaired) electrons. The van der Waals surface area contributed by atoms with Crippen LogP contribution in [0.2, 0.25) is 0 Å². The van der Waals surface area contributed by atoms with E-state index in [1.807, 2.05) is 18.2 Å². The topological polar surface area (TPSA) is 23.5 Å². The molecule has 1 aromatic rings. The van der Waals surface area contributed by atoms with Gasteiger partial charge in [-0.3, -0.25) is 0 Å². The van der Waals surface area contributed by atoms with E-state index in [0.717, 1.165) is 16.6 Å². The average molecular weight is 239 g/mol. The molecule has 0 aromatic heterocycles. The van der Waals surface area contributed by atoms with Crippen LogP contribution in [0.1, 0.15) is 5.56 Å². The van der Waals surface area contributed by atoms with Crippen molar-refractivity contribution in [2.24, 2.45) is 0 Å². The van der Waals surface area contributed by atoms with Crippen molar-refractivity contribution in [1.29, 1.82) is 0 Å². The van der Waals surface area contributed by atoms with Gasteiger partial charge in [-0.15, -0.1) is 0 Å². The van der Waals surface area contributed by atoms with E-state index in [1.54, 1.807) is 11.8 Å². The fraction of sp³-hybridized carbons (Fsp3) is 0.364. The smallest absolute Gasteiger partial charge is 0.136 e. The summed E-state index contributed by atoms with van der Waals surface area (Å²) in [4.78, 5) is 2.06. The van der Waals surface area contributed by atoms with Gasteiger partial charge < -0.3 is 10.0 Å². The molecule has 0 bridgehead atoms. The van der Waals surface area contributed by atoms with Crippen molar-refractivity contribution < 1.29 is 5.11 Å². The van der Waals surface area contributed by atoms with Crippen LogP contribution in [0.3, 0.4) is 0 Å². The summed E-state index contributed by atoms with van der Waals surface area (Å²) in [5, 5.41) is 9.55. The summed E-state index contributed by atoms with van der Waals surface area (Å²) in [5.41, 5.74) is 1.23. The van der Waals surface area contributed by atoms with Gasteiger partial charge in [-0.2, -0.15) is 0 Å². The zero-order valence-electron chi connectivity index (χ0n) is 8.30. The van der Waals surface area contributed by atoms with E-state index in [4.69, 9.17) is 12.2 Å². The highest BCUT2D eigenvalue weighted by atomic mass is 32.2. The Hall–Kier alpha value is -0.580. The first-order valence-corrected chi connectivity index (χ1v) is 6.29. The van der Waals surface area contributed by atoms with Gasteiger partial charge in [0.05, 0.1) is 6.10 Å². The quantitative estimate of drug-likeness (QED) is 0.796. The lowest BCUT2D eigenvalue weighted by molar-refractivity contribution is 0.160. The standard InChI is InChI=1S/C11H13NOS2/c13-10-7-12(11(14)15-8-10)6-9-4-2-1-3-5-9/h1-5,10,13H,6-8H2. The minimum Gasteiger partial charge on any atom is -0.390 e. The van der Waals surface area contributed by atoms with Crippen molar-refractivity contribution >= 4 is 28.3 Å². The molecule has 1 aliphatic heterocycles. The van der Waals surface area contributed by atoms with Gasteiger partial charge in [-0.1, -0.05) is 54.3 Å². The minimum atomic E-state index is -0.259. The zero-order valence-corrected chi connectivity index (χ0v) is 9.93. The first kappa shape index (κ1) is 10.9. The van der Waals surface area contributed by atoms with Crippen molar-refractivity contribution in [3.8, 4) is 0 Å². The molecule has 1 N–H and O–H groups in total. The molecular weight excluding hydrogens is 226 g/mol. The van der Waals surface area contributed by atoms with Gasteiger partial charge in [0.1, 0.15) is 4.32 Å². The Morgan fingerprint density at radius 1 is 1.40 bits per heavy atom. The van der Waals surface area contributed by atoms with Gasteiger partial charge in [0.2, 0.25) is 0 Å². The summed E-state index contributed by atoms with van der Waals surface area (Å²) in [6, 6.07) is 10.2. The predicted octanol–water partition coefficient (Wildman–Crippen LogP) is 1.88. The average Bonchev–Trinajstić information content (AvgIpc) is 2.25. The van der Waals surface area contributed by atoms with Crippen molar-refractivity contribution in [2.45, 2.75) is 12.6 Å². The van der Waals surface area contributed by atoms with Crippen LogP contribution in [0, 0.1) is 0 Å². The second kappa shape index (κ2) is 4.96. The molecule has 1 fully saturated rings. The van der Waals surface area contributed by atoms with Crippen LogP contribution in [0.25, 0.3) is 0 Å². The molecule has 0 amide bonds. The number of nitrogens with zero attached hydrogens (tertiary/aromatic N) is 1. The Morgan fingerprint density at radius 2 is 2.13 bits per heavy atom. The van der Waals surface area contributed by atoms with Crippen LogP contribution < -0.4 is 0 Å². The van der Waals surface area contributed by atoms with Gasteiger partial charge in [-0.05, 0) is 5.56 Å². The van der Waals surface area contributed by atoms with E-state index in [1.165, 1.54) is 5.56 Å². The summed E-state index contributed by atoms with van der Waals surface area (Å²) < 4.78 is 0.893. The fourth-order valence-corrected chi connectivity index (χ4v) is 2.68. The molecule has 2 rings (SSSR count). The van der Waals surface area contributed by atoms with Crippen LogP contribution >= 0.6 is 24.0 Å². The summed E-state index contributed by atoms with van der Waals surface area (Å²) in [6.07, 6.45) is -0.259. The molecule has 1 unspecified atom stereocenters. The lowest BCUT2D eigenvalue weighted by Crippen LogP contribution is -2.40. The first-order chi connectivity index (χ1) is 7.25. The second-order valence-electron chi connectivity index (χ2n) is 3.60. The van der Waals surface area contributed by atoms with E-state index in [9.17, 15) is 5.11 Å². The van der Waals surface area contributed by atoms with Gasteiger partial charge in [0, 0.05) is 18.8 Å². The molecule has 1 saturated heterocycles. The number of rotatable bonds is 2. The number of aliphatic hydroxyl groups is 1. The molecular formula is C11H13NOS2. The van der Waals surface area contributed by atoms with E-state index in [-0.39, 0.29) is 6.10 Å². The second-order valence-corrected chi connectivity index (χ2v) is 5.25. The Labute approximate surface area is 99.3 Å². The van der Waals surface area contributed by atoms with Crippen LogP contribution in [-0.2, 0) is 6.54 Å². The Balaban J connectivity index is 2.01. The highest BCUT2D eigenvalue weighted by molar-refractivity contribution is 8.23. The monoisotopic (exact) mass is 239 g/mol. The number of benzene rings is 1. The van der Waals surface area contributed by atoms with E-state index in [0.29, 0.717) is 6.54 Å². The Bertz CT molecular complexity index is 342. The van der Waals surface area contributed by atoms with Crippen LogP contribution in [-0.4, -0.2) is 32.7 Å². The maximum atomic E-state index is 9.55. The summed E-state index contributed by atoms with van der Waals surface area (Å²) in [7, 11) is 0. The molecule has 0 spiro atoms. The van der Waals surface area contributed by atoms with E-state index < -0.39 is 0 Å². The third-order valence-corrected chi connectivity index (χ3v) is 3.97. The van der Waals surface area contributed by atoms with Crippen LogP contribution in [0.4, 0.5) is 0 Å². The zero-order chi connectivity index (χ0) is 10.7. The molecule has 1 aromatic carbocycles. The lowest BCUT2D eigenvalue weighted by Gasteiger charge is -2.31. The van der Waals surface area contributed by atoms with Crippen LogP contribution in [0.5, 0.6) is 0 Å². The van der Waals surface area contributed by atoms with Gasteiger partial charge in [0.25, 0.3) is 0 Å². The lowest BCUT2D eigenvalue weighted by atomic mass is 10.2. The maximum Gasteiger partial charge on any atom is 0.136 e. The summed E-state index contributed by atoms with van der Waals surface area (Å²) in [6.45, 7) is 1.45. The Morgan fingerprint density at radius 3 is 2.87 bits per heavy atom. The first-order valence-electron chi connectivity index (χ1n) is 4.89. The Kier molecular flexibility index (Phi) is 3.61. The third kappa shape index (κ3) is 2.93. The molecule has 1 aliphatic rings. The SMILES string of the molecule is OC1CSC(=S)N(Cc2ccccc2)C1. The maximum absolute atomic E-state index is 9.55. The largest absolute Gasteiger partial charge is 0.390 e. The van der Waals surface area contributed by atoms with E-state index >= 15 is 0 Å². The van der Waals surface area contributed by atoms with Crippen molar-refractivity contribution in [2.75, 3.05) is 12.3 Å². The van der Waals surface area contributed by atoms with Crippen molar-refractivity contribution in [3.63, 3.8) is 0 Å². The van der Waals surface area contributed by atoms with Crippen LogP contribution in [0.15, 0.2) is 30.3 Å². The number of β-amino-alcohol motifs (C(OH)–C–C–N with tert-alkyl or cyclic N) is 1. The van der Waals surface area contributed by atoms with Crippen molar-refractivity contribution in [1.82, 2.24) is 4.90 Å². The number of thiocarbonyl (C=S) groups is 1. The fourth-order valence-electron chi connectivity index (χ4n) is 1.57. The molecule has 0 aliphatic carbocycles. The summed E-state index contributed by atoms with van der Waals surface area (Å²) >= 11 is 6.82. The molecule has 2 nitrogen and oxygen atoms in total. The predicted molar refractivity (Wildman–Crippen MR) is 67.9 cm³/mol. The van der Waals surface area contributed by atoms with Gasteiger partial charge in [-0.25, -0.2) is 0 Å². The third-order valence-electron chi connectivity index (χ3n) is 2.30. The molecule has 1 heterocycles. The highest BCUT2D eigenvalue weighted by Crippen LogP contribution is 2.20. The summed E-state index contributed by atoms with van der Waals surface area (Å²) in [5.74, 6) is 0.726. The van der Waals surface area contributed by atoms with Gasteiger partial charge in [0.15, 0.2) is 0 Å². The highest BCUT2D eigenvalue weighted by Gasteiger charge is 2.21. The molecule has 15 heavy (non-hydrogen) atoms. The van der Waals surface area contributed by atoms with Crippen molar-refractivity contribution in [3.05, 3.63) is 35.9 Å². The number of hydrogen-bond acceptors (Lipinski definition) is 3. The number of aliphatic hydroxyl groups excluding tert-OH is 1. The number of thioether (sulfide) groups is 1. The normalized spacial score (nSPS) is 21.8. The van der Waals surface area contributed by atoms with E-state index in [2.05, 4.69) is 17.0 Å².